The highest BCUT2D eigenvalue weighted by molar-refractivity contribution is 7.11. The Morgan fingerprint density at radius 1 is 1.73 bits per heavy atom. The molecule has 1 aromatic rings. The van der Waals surface area contributed by atoms with Crippen LogP contribution in [-0.4, -0.2) is 16.1 Å². The fraction of sp³-hybridized carbons (Fsp3) is 0.500. The Labute approximate surface area is 69.9 Å². The monoisotopic (exact) mass is 173 g/mol. The Bertz CT molecular complexity index is 263. The fourth-order valence-electron chi connectivity index (χ4n) is 0.669. The van der Waals surface area contributed by atoms with E-state index in [1.165, 1.54) is 11.3 Å². The highest BCUT2D eigenvalue weighted by atomic mass is 32.1. The molecule has 0 bridgehead atoms. The highest BCUT2D eigenvalue weighted by Crippen LogP contribution is 2.09. The van der Waals surface area contributed by atoms with Crippen molar-refractivity contribution >= 4 is 17.2 Å². The first kappa shape index (κ1) is 8.13. The summed E-state index contributed by atoms with van der Waals surface area (Å²) in [5.74, 6) is -0.294. The third-order valence-electron chi connectivity index (χ3n) is 1.15. The van der Waals surface area contributed by atoms with E-state index in [9.17, 15) is 4.79 Å². The third-order valence-corrected chi connectivity index (χ3v) is 2.05. The summed E-state index contributed by atoms with van der Waals surface area (Å²) in [7, 11) is 0. The lowest BCUT2D eigenvalue weighted by atomic mass is 10.3. The molecule has 1 amide bonds. The van der Waals surface area contributed by atoms with Gasteiger partial charge in [0.1, 0.15) is 10.0 Å². The quantitative estimate of drug-likeness (QED) is 0.724. The maximum absolute atomic E-state index is 10.4. The van der Waals surface area contributed by atoms with Gasteiger partial charge in [0.15, 0.2) is 0 Å². The van der Waals surface area contributed by atoms with Crippen molar-refractivity contribution in [1.29, 1.82) is 0 Å². The molecule has 0 saturated heterocycles. The Kier molecular flexibility index (Phi) is 2.53. The van der Waals surface area contributed by atoms with Gasteiger partial charge in [0, 0.05) is 14.3 Å². The zero-order valence-corrected chi connectivity index (χ0v) is 7.02. The second-order valence-electron chi connectivity index (χ2n) is 2.18. The number of rotatable bonds is 3. The van der Waals surface area contributed by atoms with E-state index in [4.69, 9.17) is 5.73 Å². The molecule has 11 heavy (non-hydrogen) atoms. The first-order chi connectivity index (χ1) is 5.18. The van der Waals surface area contributed by atoms with E-state index < -0.39 is 0 Å². The van der Waals surface area contributed by atoms with Crippen LogP contribution in [0.4, 0.5) is 0 Å². The first-order valence-corrected chi connectivity index (χ1v) is 4.07. The molecular formula is C6H11N3OS. The number of hydrogen-bond acceptors (Lipinski definition) is 4. The number of aromatic nitrogens is 2. The minimum Gasteiger partial charge on any atom is -0.370 e. The van der Waals surface area contributed by atoms with Gasteiger partial charge in [0.05, 0.1) is 0 Å². The number of carbonyl (C=O) groups excluding carboxylic acids is 1. The largest absolute Gasteiger partial charge is 0.370 e. The number of primary amides is 1. The Morgan fingerprint density at radius 3 is 2.91 bits per heavy atom. The minimum absolute atomic E-state index is 0. The average Bonchev–Trinajstić information content (AvgIpc) is 2.31. The fourth-order valence-corrected chi connectivity index (χ4v) is 1.38. The predicted molar refractivity (Wildman–Crippen MR) is 44.3 cm³/mol. The lowest BCUT2D eigenvalue weighted by Crippen LogP contribution is -2.10. The van der Waals surface area contributed by atoms with Crippen molar-refractivity contribution < 1.29 is 6.22 Å². The summed E-state index contributed by atoms with van der Waals surface area (Å²) in [6.07, 6.45) is 0.968. The van der Waals surface area contributed by atoms with Crippen molar-refractivity contribution in [3.8, 4) is 0 Å². The molecule has 62 valence electrons. The van der Waals surface area contributed by atoms with Crippen molar-refractivity contribution in [2.24, 2.45) is 5.73 Å². The lowest BCUT2D eigenvalue weighted by Gasteiger charge is -1.88. The number of nitrogens with zero attached hydrogens (tertiary/aromatic N) is 2. The molecule has 0 saturated carbocycles. The Morgan fingerprint density at radius 2 is 2.45 bits per heavy atom. The van der Waals surface area contributed by atoms with E-state index in [1.807, 2.05) is 6.92 Å². The standard InChI is InChI=1S/C6H9N3OS.H2/c1-4-8-9-6(11-4)3-2-5(7)10;/h2-3H2,1H3,(H2,7,10);1H. The van der Waals surface area contributed by atoms with Crippen molar-refractivity contribution in [3.63, 3.8) is 0 Å². The first-order valence-electron chi connectivity index (χ1n) is 3.26. The summed E-state index contributed by atoms with van der Waals surface area (Å²) < 4.78 is 0. The molecule has 0 fully saturated rings. The van der Waals surface area contributed by atoms with Crippen LogP contribution >= 0.6 is 11.3 Å². The van der Waals surface area contributed by atoms with Crippen LogP contribution in [0.1, 0.15) is 17.9 Å². The van der Waals surface area contributed by atoms with Crippen LogP contribution in [0.3, 0.4) is 0 Å². The van der Waals surface area contributed by atoms with Crippen molar-refractivity contribution in [3.05, 3.63) is 10.0 Å². The zero-order valence-electron chi connectivity index (χ0n) is 6.20. The van der Waals surface area contributed by atoms with E-state index in [0.717, 1.165) is 10.0 Å². The van der Waals surface area contributed by atoms with E-state index in [2.05, 4.69) is 10.2 Å². The Balaban J connectivity index is 0.00000121. The van der Waals surface area contributed by atoms with Gasteiger partial charge in [-0.2, -0.15) is 0 Å². The molecule has 1 aromatic heterocycles. The van der Waals surface area contributed by atoms with Crippen LogP contribution in [0, 0.1) is 6.92 Å². The molecule has 4 nitrogen and oxygen atoms in total. The van der Waals surface area contributed by atoms with Crippen LogP contribution in [0.15, 0.2) is 0 Å². The van der Waals surface area contributed by atoms with Crippen molar-refractivity contribution in [2.45, 2.75) is 19.8 Å². The van der Waals surface area contributed by atoms with E-state index in [-0.39, 0.29) is 7.33 Å². The molecule has 0 aliphatic carbocycles. The molecule has 0 atom stereocenters. The molecule has 0 aliphatic rings. The van der Waals surface area contributed by atoms with Gasteiger partial charge in [-0.25, -0.2) is 0 Å². The summed E-state index contributed by atoms with van der Waals surface area (Å²) in [5.41, 5.74) is 4.96. The second kappa shape index (κ2) is 3.43. The Hall–Kier alpha value is -0.970. The van der Waals surface area contributed by atoms with Gasteiger partial charge in [-0.3, -0.25) is 4.79 Å². The summed E-state index contributed by atoms with van der Waals surface area (Å²) in [6, 6.07) is 0. The number of amides is 1. The van der Waals surface area contributed by atoms with Crippen LogP contribution < -0.4 is 5.73 Å². The van der Waals surface area contributed by atoms with Gasteiger partial charge in [-0.15, -0.1) is 21.5 Å². The van der Waals surface area contributed by atoms with Gasteiger partial charge >= 0.3 is 0 Å². The molecule has 1 heterocycles. The highest BCUT2D eigenvalue weighted by Gasteiger charge is 2.01. The maximum atomic E-state index is 10.4. The van der Waals surface area contributed by atoms with Crippen LogP contribution in [0.25, 0.3) is 0 Å². The predicted octanol–water partition coefficient (Wildman–Crippen LogP) is 0.510. The molecule has 0 aliphatic heterocycles. The summed E-state index contributed by atoms with van der Waals surface area (Å²) in [5, 5.41) is 9.46. The average molecular weight is 173 g/mol. The molecule has 2 N–H and O–H groups in total. The van der Waals surface area contributed by atoms with E-state index in [0.29, 0.717) is 12.8 Å². The lowest BCUT2D eigenvalue weighted by molar-refractivity contribution is -0.117. The smallest absolute Gasteiger partial charge is 0.217 e. The van der Waals surface area contributed by atoms with Gasteiger partial charge in [0.25, 0.3) is 0 Å². The third kappa shape index (κ3) is 2.63. The molecular weight excluding hydrogens is 162 g/mol. The summed E-state index contributed by atoms with van der Waals surface area (Å²) in [4.78, 5) is 10.4. The number of carbonyl (C=O) groups is 1. The maximum Gasteiger partial charge on any atom is 0.217 e. The normalized spacial score (nSPS) is 9.91. The number of hydrogen-bond donors (Lipinski definition) is 1. The summed E-state index contributed by atoms with van der Waals surface area (Å²) in [6.45, 7) is 1.88. The SMILES string of the molecule is Cc1nnc(CCC(N)=O)s1.[HH]. The van der Waals surface area contributed by atoms with Crippen molar-refractivity contribution in [2.75, 3.05) is 0 Å². The zero-order chi connectivity index (χ0) is 8.27. The molecule has 0 spiro atoms. The molecule has 0 aromatic carbocycles. The van der Waals surface area contributed by atoms with Crippen molar-refractivity contribution in [1.82, 2.24) is 10.2 Å². The number of aryl methyl sites for hydroxylation is 2. The molecule has 0 radical (unpaired) electrons. The summed E-state index contributed by atoms with van der Waals surface area (Å²) >= 11 is 1.50. The van der Waals surface area contributed by atoms with E-state index in [1.54, 1.807) is 0 Å². The topological polar surface area (TPSA) is 68.9 Å². The van der Waals surface area contributed by atoms with Gasteiger partial charge in [-0.1, -0.05) is 0 Å². The minimum atomic E-state index is -0.294. The van der Waals surface area contributed by atoms with E-state index >= 15 is 0 Å². The van der Waals surface area contributed by atoms with Gasteiger partial charge in [0.2, 0.25) is 5.91 Å². The molecule has 1 rings (SSSR count). The van der Waals surface area contributed by atoms with Crippen LogP contribution in [0.5, 0.6) is 0 Å². The molecule has 0 unspecified atom stereocenters. The van der Waals surface area contributed by atoms with Crippen LogP contribution in [-0.2, 0) is 11.2 Å². The molecule has 5 heteroatoms. The second-order valence-corrected chi connectivity index (χ2v) is 3.45. The van der Waals surface area contributed by atoms with Gasteiger partial charge < -0.3 is 5.73 Å². The van der Waals surface area contributed by atoms with Gasteiger partial charge in [-0.05, 0) is 6.92 Å². The van der Waals surface area contributed by atoms with Crippen LogP contribution in [0.2, 0.25) is 0 Å². The number of nitrogens with two attached hydrogens (primary N) is 1.